The van der Waals surface area contributed by atoms with Crippen LogP contribution in [0.5, 0.6) is 17.4 Å². The van der Waals surface area contributed by atoms with E-state index in [0.29, 0.717) is 30.0 Å². The van der Waals surface area contributed by atoms with E-state index in [1.54, 1.807) is 50.6 Å². The highest BCUT2D eigenvalue weighted by molar-refractivity contribution is 6.14. The zero-order chi connectivity index (χ0) is 28.4. The topological polar surface area (TPSA) is 122 Å². The van der Waals surface area contributed by atoms with Crippen molar-refractivity contribution in [2.24, 2.45) is 4.99 Å². The van der Waals surface area contributed by atoms with E-state index in [0.717, 1.165) is 38.0 Å². The van der Waals surface area contributed by atoms with Crippen molar-refractivity contribution in [2.75, 3.05) is 20.8 Å². The van der Waals surface area contributed by atoms with Gasteiger partial charge in [-0.25, -0.2) is 9.36 Å². The summed E-state index contributed by atoms with van der Waals surface area (Å²) in [5, 5.41) is 12.4. The minimum atomic E-state index is -0.743. The number of hydrogen-bond donors (Lipinski definition) is 3. The Hall–Kier alpha value is -5.05. The number of aryl methyl sites for hydroxylation is 2. The fraction of sp³-hybridized carbons (Fsp3) is 0.194. The Balaban J connectivity index is 1.62. The third-order valence-electron chi connectivity index (χ3n) is 6.94. The van der Waals surface area contributed by atoms with Crippen LogP contribution in [0.15, 0.2) is 81.3 Å². The number of aromatic nitrogens is 3. The van der Waals surface area contributed by atoms with E-state index >= 15 is 0 Å². The average molecular weight is 539 g/mol. The summed E-state index contributed by atoms with van der Waals surface area (Å²) in [5.74, 6) is 0.902. The first-order valence-corrected chi connectivity index (χ1v) is 12.8. The maximum absolute atomic E-state index is 13.2. The SMILES string of the molecule is COc1ccc(C(=NCCc2c(C)[nH]c3ccc(OC)cc23)c2c(O)n(-c3ccc(C)cc3)c(=O)[nH]c2=O)cc1. The van der Waals surface area contributed by atoms with Crippen molar-refractivity contribution in [3.05, 3.63) is 116 Å². The molecule has 5 aromatic rings. The Bertz CT molecular complexity index is 1830. The molecule has 3 aromatic carbocycles. The van der Waals surface area contributed by atoms with E-state index in [1.165, 1.54) is 0 Å². The van der Waals surface area contributed by atoms with Gasteiger partial charge in [-0.3, -0.25) is 14.8 Å². The summed E-state index contributed by atoms with van der Waals surface area (Å²) in [6, 6.07) is 19.9. The lowest BCUT2D eigenvalue weighted by molar-refractivity contribution is 0.415. The third-order valence-corrected chi connectivity index (χ3v) is 6.94. The number of nitrogens with zero attached hydrogens (tertiary/aromatic N) is 2. The number of aromatic hydroxyl groups is 1. The molecule has 0 aliphatic carbocycles. The summed E-state index contributed by atoms with van der Waals surface area (Å²) in [4.78, 5) is 36.5. The Kier molecular flexibility index (Phi) is 7.29. The number of ether oxygens (including phenoxy) is 2. The van der Waals surface area contributed by atoms with E-state index in [-0.39, 0.29) is 11.3 Å². The lowest BCUT2D eigenvalue weighted by Gasteiger charge is -2.14. The summed E-state index contributed by atoms with van der Waals surface area (Å²) in [5.41, 5.74) is 3.78. The van der Waals surface area contributed by atoms with Gasteiger partial charge in [0.2, 0.25) is 5.88 Å². The van der Waals surface area contributed by atoms with Gasteiger partial charge in [-0.2, -0.15) is 0 Å². The molecule has 2 heterocycles. The van der Waals surface area contributed by atoms with Gasteiger partial charge in [0.25, 0.3) is 5.56 Å². The van der Waals surface area contributed by atoms with Gasteiger partial charge in [-0.15, -0.1) is 0 Å². The standard InChI is InChI=1S/C31H30N4O5/c1-18-5-9-21(10-6-18)35-30(37)27(29(36)34-31(35)38)28(20-7-11-22(39-3)12-8-20)32-16-15-24-19(2)33-26-14-13-23(40-4)17-25(24)26/h5-14,17,33,37H,15-16H2,1-4H3,(H,34,36,38). The molecule has 9 heteroatoms. The second-order valence-corrected chi connectivity index (χ2v) is 9.48. The molecular formula is C31H30N4O5. The van der Waals surface area contributed by atoms with Crippen LogP contribution >= 0.6 is 0 Å². The highest BCUT2D eigenvalue weighted by Crippen LogP contribution is 2.27. The lowest BCUT2D eigenvalue weighted by Crippen LogP contribution is -2.33. The van der Waals surface area contributed by atoms with Crippen molar-refractivity contribution < 1.29 is 14.6 Å². The smallest absolute Gasteiger partial charge is 0.335 e. The predicted octanol–water partition coefficient (Wildman–Crippen LogP) is 4.43. The first-order valence-electron chi connectivity index (χ1n) is 12.8. The molecule has 0 saturated heterocycles. The van der Waals surface area contributed by atoms with Crippen LogP contribution in [0.4, 0.5) is 0 Å². The van der Waals surface area contributed by atoms with Crippen molar-refractivity contribution in [1.82, 2.24) is 14.5 Å². The van der Waals surface area contributed by atoms with Crippen molar-refractivity contribution in [3.63, 3.8) is 0 Å². The minimum Gasteiger partial charge on any atom is -0.497 e. The van der Waals surface area contributed by atoms with Crippen LogP contribution in [-0.2, 0) is 6.42 Å². The molecule has 0 atom stereocenters. The molecule has 0 unspecified atom stereocenters. The van der Waals surface area contributed by atoms with Gasteiger partial charge in [-0.1, -0.05) is 17.7 Å². The third kappa shape index (κ3) is 5.01. The molecule has 0 bridgehead atoms. The molecule has 204 valence electrons. The second-order valence-electron chi connectivity index (χ2n) is 9.48. The Morgan fingerprint density at radius 1 is 0.900 bits per heavy atom. The Morgan fingerprint density at radius 3 is 2.25 bits per heavy atom. The fourth-order valence-corrected chi connectivity index (χ4v) is 4.83. The highest BCUT2D eigenvalue weighted by atomic mass is 16.5. The van der Waals surface area contributed by atoms with E-state index < -0.39 is 17.1 Å². The number of rotatable bonds is 8. The van der Waals surface area contributed by atoms with Gasteiger partial charge in [0, 0.05) is 28.7 Å². The number of aromatic amines is 2. The van der Waals surface area contributed by atoms with Crippen LogP contribution in [0.2, 0.25) is 0 Å². The fourth-order valence-electron chi connectivity index (χ4n) is 4.83. The molecule has 0 radical (unpaired) electrons. The number of fused-ring (bicyclic) bond motifs is 1. The summed E-state index contributed by atoms with van der Waals surface area (Å²) in [6.45, 7) is 4.24. The molecule has 0 amide bonds. The summed E-state index contributed by atoms with van der Waals surface area (Å²) in [7, 11) is 3.20. The van der Waals surface area contributed by atoms with E-state index in [2.05, 4.69) is 9.97 Å². The van der Waals surface area contributed by atoms with E-state index in [1.807, 2.05) is 44.2 Å². The molecule has 0 fully saturated rings. The number of hydrogen-bond acceptors (Lipinski definition) is 6. The van der Waals surface area contributed by atoms with Crippen molar-refractivity contribution in [3.8, 4) is 23.1 Å². The number of H-pyrrole nitrogens is 2. The molecule has 0 saturated carbocycles. The maximum Gasteiger partial charge on any atom is 0.335 e. The second kappa shape index (κ2) is 11.0. The quantitative estimate of drug-likeness (QED) is 0.253. The summed E-state index contributed by atoms with van der Waals surface area (Å²) >= 11 is 0. The first kappa shape index (κ1) is 26.6. The lowest BCUT2D eigenvalue weighted by atomic mass is 10.0. The zero-order valence-electron chi connectivity index (χ0n) is 22.7. The van der Waals surface area contributed by atoms with Crippen molar-refractivity contribution in [2.45, 2.75) is 20.3 Å². The maximum atomic E-state index is 13.2. The monoisotopic (exact) mass is 538 g/mol. The minimum absolute atomic E-state index is 0.0948. The van der Waals surface area contributed by atoms with Crippen LogP contribution < -0.4 is 20.7 Å². The Labute approximate surface area is 230 Å². The van der Waals surface area contributed by atoms with Gasteiger partial charge < -0.3 is 19.6 Å². The number of methoxy groups -OCH3 is 2. The van der Waals surface area contributed by atoms with Crippen LogP contribution in [0.1, 0.15) is 27.9 Å². The van der Waals surface area contributed by atoms with Gasteiger partial charge in [-0.05, 0) is 80.4 Å². The van der Waals surface area contributed by atoms with Gasteiger partial charge in [0.05, 0.1) is 25.6 Å². The van der Waals surface area contributed by atoms with Crippen LogP contribution in [0, 0.1) is 13.8 Å². The summed E-state index contributed by atoms with van der Waals surface area (Å²) < 4.78 is 11.8. The molecule has 0 aliphatic rings. The zero-order valence-corrected chi connectivity index (χ0v) is 22.7. The molecule has 3 N–H and O–H groups in total. The molecule has 0 spiro atoms. The van der Waals surface area contributed by atoms with Crippen LogP contribution in [0.25, 0.3) is 16.6 Å². The first-order chi connectivity index (χ1) is 19.3. The largest absolute Gasteiger partial charge is 0.497 e. The molecule has 9 nitrogen and oxygen atoms in total. The van der Waals surface area contributed by atoms with E-state index in [9.17, 15) is 14.7 Å². The van der Waals surface area contributed by atoms with Gasteiger partial charge >= 0.3 is 5.69 Å². The predicted molar refractivity (Wildman–Crippen MR) is 156 cm³/mol. The van der Waals surface area contributed by atoms with Crippen molar-refractivity contribution in [1.29, 1.82) is 0 Å². The van der Waals surface area contributed by atoms with Crippen LogP contribution in [-0.4, -0.2) is 46.1 Å². The molecule has 0 aliphatic heterocycles. The molecule has 2 aromatic heterocycles. The molecule has 40 heavy (non-hydrogen) atoms. The van der Waals surface area contributed by atoms with E-state index in [4.69, 9.17) is 14.5 Å². The van der Waals surface area contributed by atoms with Gasteiger partial charge in [0.1, 0.15) is 17.1 Å². The summed E-state index contributed by atoms with van der Waals surface area (Å²) in [6.07, 6.45) is 0.564. The average Bonchev–Trinajstić information content (AvgIpc) is 3.26. The normalized spacial score (nSPS) is 11.7. The molecule has 5 rings (SSSR count). The Morgan fingerprint density at radius 2 is 1.57 bits per heavy atom. The molecular weight excluding hydrogens is 508 g/mol. The number of aliphatic imine (C=N–C) groups is 1. The number of benzene rings is 3. The highest BCUT2D eigenvalue weighted by Gasteiger charge is 2.22. The van der Waals surface area contributed by atoms with Crippen LogP contribution in [0.3, 0.4) is 0 Å². The number of nitrogens with one attached hydrogen (secondary N) is 2. The van der Waals surface area contributed by atoms with Gasteiger partial charge in [0.15, 0.2) is 0 Å². The van der Waals surface area contributed by atoms with Crippen molar-refractivity contribution >= 4 is 16.6 Å².